The van der Waals surface area contributed by atoms with Gasteiger partial charge in [-0.25, -0.2) is 4.98 Å². The number of hydrogen-bond acceptors (Lipinski definition) is 4. The van der Waals surface area contributed by atoms with E-state index >= 15 is 0 Å². The van der Waals surface area contributed by atoms with Gasteiger partial charge >= 0.3 is 0 Å². The first-order chi connectivity index (χ1) is 7.58. The Hall–Kier alpha value is -0.450. The van der Waals surface area contributed by atoms with Crippen molar-refractivity contribution in [3.05, 3.63) is 15.6 Å². The monoisotopic (exact) mass is 240 g/mol. The fourth-order valence-corrected chi connectivity index (χ4v) is 3.32. The molecule has 1 saturated heterocycles. The van der Waals surface area contributed by atoms with Crippen molar-refractivity contribution in [1.29, 1.82) is 0 Å². The molecule has 2 rings (SSSR count). The van der Waals surface area contributed by atoms with Crippen molar-refractivity contribution in [2.45, 2.75) is 32.7 Å². The molecule has 2 unspecified atom stereocenters. The summed E-state index contributed by atoms with van der Waals surface area (Å²) in [4.78, 5) is 6.01. The van der Waals surface area contributed by atoms with Crippen LogP contribution in [0.1, 0.15) is 28.9 Å². The number of aromatic nitrogens is 1. The van der Waals surface area contributed by atoms with Crippen LogP contribution in [-0.4, -0.2) is 25.2 Å². The summed E-state index contributed by atoms with van der Waals surface area (Å²) in [6.45, 7) is 8.18. The summed E-state index contributed by atoms with van der Waals surface area (Å²) < 4.78 is 5.50. The number of aryl methyl sites for hydroxylation is 2. The Morgan fingerprint density at radius 3 is 2.69 bits per heavy atom. The second-order valence-electron chi connectivity index (χ2n) is 4.67. The van der Waals surface area contributed by atoms with E-state index in [-0.39, 0.29) is 5.54 Å². The van der Waals surface area contributed by atoms with Gasteiger partial charge in [-0.2, -0.15) is 0 Å². The molecule has 0 spiro atoms. The zero-order chi connectivity index (χ0) is 11.8. The molecular weight excluding hydrogens is 220 g/mol. The molecule has 1 aromatic rings. The molecule has 4 heteroatoms. The smallest absolute Gasteiger partial charge is 0.113 e. The van der Waals surface area contributed by atoms with Crippen molar-refractivity contribution < 1.29 is 4.74 Å². The van der Waals surface area contributed by atoms with Gasteiger partial charge in [0.25, 0.3) is 0 Å². The summed E-state index contributed by atoms with van der Waals surface area (Å²) in [5.41, 5.74) is 1.11. The minimum atomic E-state index is -0.0415. The zero-order valence-corrected chi connectivity index (χ0v) is 11.3. The van der Waals surface area contributed by atoms with Crippen molar-refractivity contribution in [3.8, 4) is 0 Å². The van der Waals surface area contributed by atoms with Crippen molar-refractivity contribution in [2.75, 3.05) is 20.3 Å². The van der Waals surface area contributed by atoms with Crippen LogP contribution in [0, 0.1) is 19.8 Å². The molecule has 90 valence electrons. The first-order valence-corrected chi connectivity index (χ1v) is 6.60. The maximum atomic E-state index is 5.50. The minimum Gasteiger partial charge on any atom is -0.381 e. The van der Waals surface area contributed by atoms with Crippen LogP contribution >= 0.6 is 11.3 Å². The van der Waals surface area contributed by atoms with E-state index in [0.29, 0.717) is 5.92 Å². The Balaban J connectivity index is 2.32. The van der Waals surface area contributed by atoms with E-state index < -0.39 is 0 Å². The maximum Gasteiger partial charge on any atom is 0.113 e. The normalized spacial score (nSPS) is 24.6. The summed E-state index contributed by atoms with van der Waals surface area (Å²) in [5, 5.41) is 4.64. The lowest BCUT2D eigenvalue weighted by Crippen LogP contribution is -2.44. The van der Waals surface area contributed by atoms with Crippen molar-refractivity contribution in [1.82, 2.24) is 10.3 Å². The molecule has 1 aliphatic heterocycles. The second kappa shape index (κ2) is 4.43. The Labute approximate surface area is 101 Å². The molecule has 0 aromatic carbocycles. The Bertz CT molecular complexity index is 352. The molecular formula is C12H20N2OS. The van der Waals surface area contributed by atoms with Crippen LogP contribution in [0.2, 0.25) is 0 Å². The number of hydrogen-bond donors (Lipinski definition) is 1. The van der Waals surface area contributed by atoms with Gasteiger partial charge in [-0.3, -0.25) is 0 Å². The summed E-state index contributed by atoms with van der Waals surface area (Å²) in [6, 6.07) is 0. The molecule has 0 amide bonds. The lowest BCUT2D eigenvalue weighted by molar-refractivity contribution is 0.156. The van der Waals surface area contributed by atoms with Crippen molar-refractivity contribution in [3.63, 3.8) is 0 Å². The van der Waals surface area contributed by atoms with Gasteiger partial charge in [-0.15, -0.1) is 11.3 Å². The van der Waals surface area contributed by atoms with Crippen LogP contribution < -0.4 is 5.32 Å². The predicted octanol–water partition coefficient (Wildman–Crippen LogP) is 2.23. The second-order valence-corrected chi connectivity index (χ2v) is 5.88. The molecule has 2 heterocycles. The van der Waals surface area contributed by atoms with Crippen LogP contribution in [-0.2, 0) is 10.3 Å². The Kier molecular flexibility index (Phi) is 3.33. The standard InChI is InChI=1S/C12H20N2OS/c1-8-9(2)16-11(14-8)12(3,13-4)10-5-6-15-7-10/h10,13H,5-7H2,1-4H3. The number of rotatable bonds is 3. The van der Waals surface area contributed by atoms with E-state index in [1.165, 1.54) is 9.88 Å². The van der Waals surface area contributed by atoms with Crippen LogP contribution in [0.3, 0.4) is 0 Å². The fourth-order valence-electron chi connectivity index (χ4n) is 2.17. The highest BCUT2D eigenvalue weighted by molar-refractivity contribution is 7.11. The summed E-state index contributed by atoms with van der Waals surface area (Å²) in [7, 11) is 2.02. The van der Waals surface area contributed by atoms with E-state index in [9.17, 15) is 0 Å². The average Bonchev–Trinajstić information content (AvgIpc) is 2.89. The van der Waals surface area contributed by atoms with Gasteiger partial charge in [-0.05, 0) is 34.2 Å². The zero-order valence-electron chi connectivity index (χ0n) is 10.5. The van der Waals surface area contributed by atoms with E-state index in [0.717, 1.165) is 25.3 Å². The highest BCUT2D eigenvalue weighted by atomic mass is 32.1. The fraction of sp³-hybridized carbons (Fsp3) is 0.750. The van der Waals surface area contributed by atoms with Crippen LogP contribution in [0.5, 0.6) is 0 Å². The molecule has 0 saturated carbocycles. The number of nitrogens with one attached hydrogen (secondary N) is 1. The Morgan fingerprint density at radius 2 is 2.25 bits per heavy atom. The van der Waals surface area contributed by atoms with Gasteiger partial charge < -0.3 is 10.1 Å². The SMILES string of the molecule is CNC(C)(c1nc(C)c(C)s1)C1CCOC1. The van der Waals surface area contributed by atoms with E-state index in [1.54, 1.807) is 11.3 Å². The van der Waals surface area contributed by atoms with Crippen molar-refractivity contribution in [2.24, 2.45) is 5.92 Å². The lowest BCUT2D eigenvalue weighted by Gasteiger charge is -2.32. The molecule has 1 aliphatic rings. The molecule has 0 aliphatic carbocycles. The molecule has 2 atom stereocenters. The first kappa shape index (κ1) is 12.0. The van der Waals surface area contributed by atoms with Gasteiger partial charge in [0.15, 0.2) is 0 Å². The molecule has 16 heavy (non-hydrogen) atoms. The van der Waals surface area contributed by atoms with Gasteiger partial charge in [0.05, 0.1) is 17.8 Å². The topological polar surface area (TPSA) is 34.2 Å². The van der Waals surface area contributed by atoms with Gasteiger partial charge in [0.1, 0.15) is 5.01 Å². The van der Waals surface area contributed by atoms with Gasteiger partial charge in [-0.1, -0.05) is 0 Å². The molecule has 0 radical (unpaired) electrons. The largest absolute Gasteiger partial charge is 0.381 e. The molecule has 1 N–H and O–H groups in total. The molecule has 1 fully saturated rings. The van der Waals surface area contributed by atoms with Crippen LogP contribution in [0.4, 0.5) is 0 Å². The van der Waals surface area contributed by atoms with E-state index in [2.05, 4.69) is 26.1 Å². The van der Waals surface area contributed by atoms with Gasteiger partial charge in [0.2, 0.25) is 0 Å². The minimum absolute atomic E-state index is 0.0415. The molecule has 0 bridgehead atoms. The highest BCUT2D eigenvalue weighted by Crippen LogP contribution is 2.37. The predicted molar refractivity (Wildman–Crippen MR) is 66.9 cm³/mol. The van der Waals surface area contributed by atoms with E-state index in [1.807, 2.05) is 7.05 Å². The lowest BCUT2D eigenvalue weighted by atomic mass is 9.85. The highest BCUT2D eigenvalue weighted by Gasteiger charge is 2.39. The third-order valence-electron chi connectivity index (χ3n) is 3.74. The quantitative estimate of drug-likeness (QED) is 0.879. The summed E-state index contributed by atoms with van der Waals surface area (Å²) in [6.07, 6.45) is 1.12. The van der Waals surface area contributed by atoms with E-state index in [4.69, 9.17) is 9.72 Å². The molecule has 3 nitrogen and oxygen atoms in total. The van der Waals surface area contributed by atoms with Crippen molar-refractivity contribution >= 4 is 11.3 Å². The first-order valence-electron chi connectivity index (χ1n) is 5.79. The third-order valence-corrected chi connectivity index (χ3v) is 5.05. The number of nitrogens with zero attached hydrogens (tertiary/aromatic N) is 1. The molecule has 1 aromatic heterocycles. The number of ether oxygens (including phenoxy) is 1. The third kappa shape index (κ3) is 1.90. The summed E-state index contributed by atoms with van der Waals surface area (Å²) >= 11 is 1.80. The van der Waals surface area contributed by atoms with Gasteiger partial charge in [0, 0.05) is 17.4 Å². The maximum absolute atomic E-state index is 5.50. The summed E-state index contributed by atoms with van der Waals surface area (Å²) in [5.74, 6) is 0.530. The average molecular weight is 240 g/mol. The Morgan fingerprint density at radius 1 is 1.50 bits per heavy atom. The van der Waals surface area contributed by atoms with Crippen LogP contribution in [0.25, 0.3) is 0 Å². The van der Waals surface area contributed by atoms with Crippen LogP contribution in [0.15, 0.2) is 0 Å². The number of thiazole rings is 1.